The molecule has 0 aliphatic rings. The summed E-state index contributed by atoms with van der Waals surface area (Å²) in [6, 6.07) is 0. The molecule has 3 N–H and O–H groups in total. The first-order valence-electron chi connectivity index (χ1n) is 20.0. The SMILES string of the molecule is CCCCC/C=C\C/C=C\CCCCCCCCCC(=O)O[C@H](COC(=O)CCCCCCC/C=C\CCCCC)COP(=O)(O)OCCN. The van der Waals surface area contributed by atoms with Crippen LogP contribution in [0.4, 0.5) is 0 Å². The molecule has 0 radical (unpaired) electrons. The van der Waals surface area contributed by atoms with Crippen LogP contribution in [0, 0.1) is 0 Å². The second-order valence-corrected chi connectivity index (χ2v) is 14.6. The quantitative estimate of drug-likeness (QED) is 0.0277. The molecule has 0 bridgehead atoms. The van der Waals surface area contributed by atoms with E-state index in [-0.39, 0.29) is 32.6 Å². The third-order valence-corrected chi connectivity index (χ3v) is 9.23. The number of esters is 2. The van der Waals surface area contributed by atoms with Crippen molar-refractivity contribution in [2.45, 2.75) is 180 Å². The summed E-state index contributed by atoms with van der Waals surface area (Å²) in [7, 11) is -4.37. The highest BCUT2D eigenvalue weighted by Gasteiger charge is 2.25. The Morgan fingerprint density at radius 3 is 1.54 bits per heavy atom. The molecule has 0 aliphatic heterocycles. The summed E-state index contributed by atoms with van der Waals surface area (Å²) >= 11 is 0. The summed E-state index contributed by atoms with van der Waals surface area (Å²) in [5, 5.41) is 0. The largest absolute Gasteiger partial charge is 0.472 e. The van der Waals surface area contributed by atoms with Gasteiger partial charge in [0.15, 0.2) is 6.10 Å². The van der Waals surface area contributed by atoms with Gasteiger partial charge in [0.05, 0.1) is 13.2 Å². The lowest BCUT2D eigenvalue weighted by molar-refractivity contribution is -0.161. The lowest BCUT2D eigenvalue weighted by Crippen LogP contribution is -2.29. The molecule has 0 heterocycles. The van der Waals surface area contributed by atoms with E-state index in [0.717, 1.165) is 70.6 Å². The minimum absolute atomic E-state index is 0.0504. The molecule has 0 aliphatic carbocycles. The van der Waals surface area contributed by atoms with Crippen molar-refractivity contribution in [3.8, 4) is 0 Å². The molecule has 292 valence electrons. The van der Waals surface area contributed by atoms with Gasteiger partial charge in [-0.2, -0.15) is 0 Å². The Hall–Kier alpha value is -1.77. The predicted molar refractivity (Wildman–Crippen MR) is 206 cm³/mol. The standard InChI is InChI=1S/C40H74NO8P/c1-3-5-7-9-11-13-15-17-18-19-20-21-23-25-27-29-31-33-40(43)49-38(37-48-50(44,45)47-35-34-41)36-46-39(42)32-30-28-26-24-22-16-14-12-10-8-6-4-2/h11-14,17-18,38H,3-10,15-16,19-37,41H2,1-2H3,(H,44,45)/b13-11-,14-12-,18-17-/t38-/m1/s1. The smallest absolute Gasteiger partial charge is 0.462 e. The molecule has 0 saturated heterocycles. The lowest BCUT2D eigenvalue weighted by Gasteiger charge is -2.19. The van der Waals surface area contributed by atoms with E-state index in [2.05, 4.69) is 50.3 Å². The van der Waals surface area contributed by atoms with Gasteiger partial charge in [0, 0.05) is 19.4 Å². The van der Waals surface area contributed by atoms with E-state index < -0.39 is 32.5 Å². The van der Waals surface area contributed by atoms with Gasteiger partial charge in [0.25, 0.3) is 0 Å². The van der Waals surface area contributed by atoms with Crippen molar-refractivity contribution in [2.75, 3.05) is 26.4 Å². The molecule has 0 aromatic heterocycles. The van der Waals surface area contributed by atoms with Crippen molar-refractivity contribution < 1.29 is 37.6 Å². The van der Waals surface area contributed by atoms with Gasteiger partial charge >= 0.3 is 19.8 Å². The molecule has 0 rings (SSSR count). The molecule has 2 atom stereocenters. The van der Waals surface area contributed by atoms with Crippen LogP contribution in [0.25, 0.3) is 0 Å². The number of hydrogen-bond acceptors (Lipinski definition) is 8. The summed E-state index contributed by atoms with van der Waals surface area (Å²) in [4.78, 5) is 34.7. The maximum atomic E-state index is 12.5. The average Bonchev–Trinajstić information content (AvgIpc) is 3.10. The molecule has 0 saturated carbocycles. The Morgan fingerprint density at radius 1 is 0.600 bits per heavy atom. The molecule has 50 heavy (non-hydrogen) atoms. The Bertz CT molecular complexity index is 923. The Morgan fingerprint density at radius 2 is 1.04 bits per heavy atom. The number of hydrogen-bond donors (Lipinski definition) is 2. The van der Waals surface area contributed by atoms with Crippen LogP contribution >= 0.6 is 7.82 Å². The summed E-state index contributed by atoms with van der Waals surface area (Å²) < 4.78 is 32.7. The van der Waals surface area contributed by atoms with Gasteiger partial charge in [0.1, 0.15) is 6.61 Å². The first-order chi connectivity index (χ1) is 24.3. The molecule has 0 spiro atoms. The molecule has 0 aromatic carbocycles. The minimum Gasteiger partial charge on any atom is -0.462 e. The predicted octanol–water partition coefficient (Wildman–Crippen LogP) is 11.0. The summed E-state index contributed by atoms with van der Waals surface area (Å²) in [5.41, 5.74) is 5.33. The van der Waals surface area contributed by atoms with Crippen LogP contribution in [0.2, 0.25) is 0 Å². The van der Waals surface area contributed by atoms with E-state index in [9.17, 15) is 19.0 Å². The van der Waals surface area contributed by atoms with E-state index in [1.807, 2.05) is 0 Å². The monoisotopic (exact) mass is 728 g/mol. The molecule has 0 fully saturated rings. The third-order valence-electron chi connectivity index (χ3n) is 8.25. The number of carbonyl (C=O) groups is 2. The fourth-order valence-electron chi connectivity index (χ4n) is 5.25. The van der Waals surface area contributed by atoms with Crippen molar-refractivity contribution in [1.82, 2.24) is 0 Å². The summed E-state index contributed by atoms with van der Waals surface area (Å²) in [6.45, 7) is 3.65. The van der Waals surface area contributed by atoms with E-state index in [4.69, 9.17) is 24.3 Å². The molecule has 9 nitrogen and oxygen atoms in total. The molecular weight excluding hydrogens is 653 g/mol. The van der Waals surface area contributed by atoms with Crippen LogP contribution in [0.15, 0.2) is 36.5 Å². The van der Waals surface area contributed by atoms with Gasteiger partial charge in [-0.1, -0.05) is 127 Å². The van der Waals surface area contributed by atoms with Crippen LogP contribution < -0.4 is 5.73 Å². The van der Waals surface area contributed by atoms with Gasteiger partial charge in [0.2, 0.25) is 0 Å². The van der Waals surface area contributed by atoms with Gasteiger partial charge < -0.3 is 20.1 Å². The number of phosphoric acid groups is 1. The van der Waals surface area contributed by atoms with E-state index in [1.54, 1.807) is 0 Å². The summed E-state index contributed by atoms with van der Waals surface area (Å²) in [5.74, 6) is -0.849. The summed E-state index contributed by atoms with van der Waals surface area (Å²) in [6.07, 6.45) is 38.8. The molecular formula is C40H74NO8P. The van der Waals surface area contributed by atoms with Gasteiger partial charge in [-0.05, 0) is 70.6 Å². The second kappa shape index (κ2) is 37.0. The number of rotatable bonds is 37. The topological polar surface area (TPSA) is 134 Å². The van der Waals surface area contributed by atoms with Crippen LogP contribution in [-0.2, 0) is 32.7 Å². The fourth-order valence-corrected chi connectivity index (χ4v) is 6.01. The van der Waals surface area contributed by atoms with E-state index in [1.165, 1.54) is 70.6 Å². The number of nitrogens with two attached hydrogens (primary N) is 1. The van der Waals surface area contributed by atoms with Gasteiger partial charge in [-0.15, -0.1) is 0 Å². The van der Waals surface area contributed by atoms with Gasteiger partial charge in [-0.3, -0.25) is 18.6 Å². The van der Waals surface area contributed by atoms with Crippen LogP contribution in [0.3, 0.4) is 0 Å². The highest BCUT2D eigenvalue weighted by molar-refractivity contribution is 7.47. The molecule has 0 aromatic rings. The molecule has 1 unspecified atom stereocenters. The zero-order valence-electron chi connectivity index (χ0n) is 31.9. The maximum Gasteiger partial charge on any atom is 0.472 e. The minimum atomic E-state index is -4.37. The normalized spacial score (nSPS) is 13.8. The zero-order valence-corrected chi connectivity index (χ0v) is 32.8. The van der Waals surface area contributed by atoms with Crippen molar-refractivity contribution >= 4 is 19.8 Å². The van der Waals surface area contributed by atoms with Crippen molar-refractivity contribution in [3.63, 3.8) is 0 Å². The average molecular weight is 728 g/mol. The van der Waals surface area contributed by atoms with E-state index >= 15 is 0 Å². The Labute approximate surface area is 305 Å². The Kier molecular flexibility index (Phi) is 35.7. The molecule has 0 amide bonds. The number of carbonyl (C=O) groups excluding carboxylic acids is 2. The first-order valence-corrected chi connectivity index (χ1v) is 21.5. The number of allylic oxidation sites excluding steroid dienone is 6. The Balaban J connectivity index is 4.21. The molecule has 10 heteroatoms. The second-order valence-electron chi connectivity index (χ2n) is 13.1. The zero-order chi connectivity index (χ0) is 36.8. The third kappa shape index (κ3) is 36.0. The lowest BCUT2D eigenvalue weighted by atomic mass is 10.1. The van der Waals surface area contributed by atoms with Crippen molar-refractivity contribution in [2.24, 2.45) is 5.73 Å². The highest BCUT2D eigenvalue weighted by atomic mass is 31.2. The van der Waals surface area contributed by atoms with Crippen molar-refractivity contribution in [3.05, 3.63) is 36.5 Å². The number of phosphoric ester groups is 1. The van der Waals surface area contributed by atoms with Gasteiger partial charge in [-0.25, -0.2) is 4.57 Å². The first kappa shape index (κ1) is 48.2. The number of unbranched alkanes of at least 4 members (excludes halogenated alkanes) is 18. The van der Waals surface area contributed by atoms with E-state index in [0.29, 0.717) is 6.42 Å². The van der Waals surface area contributed by atoms with Crippen LogP contribution in [-0.4, -0.2) is 49.3 Å². The fraction of sp³-hybridized carbons (Fsp3) is 0.800. The highest BCUT2D eigenvalue weighted by Crippen LogP contribution is 2.43. The number of ether oxygens (including phenoxy) is 2. The van der Waals surface area contributed by atoms with Crippen LogP contribution in [0.1, 0.15) is 174 Å². The van der Waals surface area contributed by atoms with Crippen LogP contribution in [0.5, 0.6) is 0 Å². The maximum absolute atomic E-state index is 12.5. The van der Waals surface area contributed by atoms with Crippen molar-refractivity contribution in [1.29, 1.82) is 0 Å².